The van der Waals surface area contributed by atoms with E-state index in [0.29, 0.717) is 23.7 Å². The van der Waals surface area contributed by atoms with Gasteiger partial charge >= 0.3 is 0 Å². The summed E-state index contributed by atoms with van der Waals surface area (Å²) >= 11 is 0. The number of benzene rings is 1. The lowest BCUT2D eigenvalue weighted by Crippen LogP contribution is -2.40. The fourth-order valence-corrected chi connectivity index (χ4v) is 5.27. The van der Waals surface area contributed by atoms with Gasteiger partial charge in [-0.2, -0.15) is 0 Å². The zero-order valence-corrected chi connectivity index (χ0v) is 14.0. The van der Waals surface area contributed by atoms with Crippen molar-refractivity contribution in [1.82, 2.24) is 4.90 Å². The van der Waals surface area contributed by atoms with Gasteiger partial charge in [0.1, 0.15) is 0 Å². The van der Waals surface area contributed by atoms with Gasteiger partial charge < -0.3 is 5.32 Å². The second-order valence-corrected chi connectivity index (χ2v) is 7.91. The molecular weight excluding hydrogens is 300 g/mol. The number of nitrogens with zero attached hydrogens (tertiary/aromatic N) is 1. The number of aryl methyl sites for hydroxylation is 2. The van der Waals surface area contributed by atoms with Crippen molar-refractivity contribution in [1.29, 1.82) is 0 Å². The Hall–Kier alpha value is -2.10. The van der Waals surface area contributed by atoms with Crippen LogP contribution in [0.25, 0.3) is 0 Å². The molecule has 2 amide bonds. The third-order valence-corrected chi connectivity index (χ3v) is 6.57. The number of nitrogens with one attached hydrogen (secondary N) is 1. The van der Waals surface area contributed by atoms with E-state index in [9.17, 15) is 9.59 Å². The summed E-state index contributed by atoms with van der Waals surface area (Å²) < 4.78 is 0. The van der Waals surface area contributed by atoms with Crippen molar-refractivity contribution < 1.29 is 9.59 Å². The number of hydrogen-bond acceptors (Lipinski definition) is 3. The van der Waals surface area contributed by atoms with E-state index in [0.717, 1.165) is 16.8 Å². The smallest absolute Gasteiger partial charge is 0.235 e. The van der Waals surface area contributed by atoms with Crippen LogP contribution in [-0.4, -0.2) is 23.4 Å². The molecule has 2 saturated carbocycles. The summed E-state index contributed by atoms with van der Waals surface area (Å²) in [6.07, 6.45) is 5.64. The van der Waals surface area contributed by atoms with Crippen LogP contribution in [0.4, 0.5) is 5.69 Å². The maximum atomic E-state index is 12.9. The molecular formula is C20H22N2O2. The van der Waals surface area contributed by atoms with E-state index < -0.39 is 0 Å². The standard InChI is InChI=1S/C20H22N2O2/c1-10-3-4-11(2)16(7-10)21-9-22-19(23)17-12-5-6-13(15-8-14(12)15)18(17)20(22)24/h3-7,12-15,17-18,21H,8-9H2,1-2H3/t12-,13-,14-,15+,17-,18-/m1/s1. The first-order valence-corrected chi connectivity index (χ1v) is 8.91. The minimum atomic E-state index is -0.100. The zero-order chi connectivity index (χ0) is 16.6. The van der Waals surface area contributed by atoms with Crippen molar-refractivity contribution in [3.63, 3.8) is 0 Å². The summed E-state index contributed by atoms with van der Waals surface area (Å²) in [5.41, 5.74) is 3.28. The third kappa shape index (κ3) is 1.80. The number of carbonyl (C=O) groups is 2. The first-order valence-electron chi connectivity index (χ1n) is 8.91. The van der Waals surface area contributed by atoms with E-state index in [4.69, 9.17) is 0 Å². The molecule has 6 atom stereocenters. The first-order chi connectivity index (χ1) is 11.6. The van der Waals surface area contributed by atoms with Crippen LogP contribution in [-0.2, 0) is 9.59 Å². The molecule has 0 aromatic heterocycles. The summed E-state index contributed by atoms with van der Waals surface area (Å²) in [4.78, 5) is 27.3. The number of rotatable bonds is 3. The lowest BCUT2D eigenvalue weighted by molar-refractivity contribution is -0.139. The maximum Gasteiger partial charge on any atom is 0.235 e. The quantitative estimate of drug-likeness (QED) is 0.688. The predicted octanol–water partition coefficient (Wildman–Crippen LogP) is 2.73. The van der Waals surface area contributed by atoms with Gasteiger partial charge in [-0.05, 0) is 61.1 Å². The molecule has 24 heavy (non-hydrogen) atoms. The Morgan fingerprint density at radius 2 is 1.67 bits per heavy atom. The fourth-order valence-electron chi connectivity index (χ4n) is 5.27. The minimum Gasteiger partial charge on any atom is -0.367 e. The van der Waals surface area contributed by atoms with Crippen LogP contribution in [0.3, 0.4) is 0 Å². The van der Waals surface area contributed by atoms with Crippen molar-refractivity contribution in [2.75, 3.05) is 12.0 Å². The molecule has 1 saturated heterocycles. The molecule has 124 valence electrons. The predicted molar refractivity (Wildman–Crippen MR) is 91.0 cm³/mol. The van der Waals surface area contributed by atoms with Crippen LogP contribution >= 0.6 is 0 Å². The largest absolute Gasteiger partial charge is 0.367 e. The van der Waals surface area contributed by atoms with Crippen molar-refractivity contribution >= 4 is 17.5 Å². The number of amides is 2. The molecule has 4 aliphatic carbocycles. The van der Waals surface area contributed by atoms with Gasteiger partial charge in [0, 0.05) is 5.69 Å². The normalized spacial score (nSPS) is 38.3. The molecule has 1 aromatic carbocycles. The van der Waals surface area contributed by atoms with Crippen molar-refractivity contribution in [2.24, 2.45) is 35.5 Å². The Kier molecular flexibility index (Phi) is 2.80. The van der Waals surface area contributed by atoms with Crippen LogP contribution in [0.2, 0.25) is 0 Å². The second kappa shape index (κ2) is 4.71. The summed E-state index contributed by atoms with van der Waals surface area (Å²) in [6.45, 7) is 4.36. The third-order valence-electron chi connectivity index (χ3n) is 6.57. The van der Waals surface area contributed by atoms with Crippen molar-refractivity contribution in [3.05, 3.63) is 41.5 Å². The van der Waals surface area contributed by atoms with Gasteiger partial charge in [0.2, 0.25) is 11.8 Å². The van der Waals surface area contributed by atoms with E-state index >= 15 is 0 Å². The molecule has 6 rings (SSSR count). The van der Waals surface area contributed by atoms with E-state index in [1.54, 1.807) is 0 Å². The molecule has 0 unspecified atom stereocenters. The lowest BCUT2D eigenvalue weighted by atomic mass is 9.63. The second-order valence-electron chi connectivity index (χ2n) is 7.91. The van der Waals surface area contributed by atoms with E-state index in [2.05, 4.69) is 35.7 Å². The van der Waals surface area contributed by atoms with Gasteiger partial charge in [0.15, 0.2) is 0 Å². The van der Waals surface area contributed by atoms with Gasteiger partial charge in [-0.25, -0.2) is 0 Å². The molecule has 1 N–H and O–H groups in total. The average molecular weight is 322 g/mol. The zero-order valence-electron chi connectivity index (χ0n) is 14.0. The lowest BCUT2D eigenvalue weighted by Gasteiger charge is -2.37. The number of allylic oxidation sites excluding steroid dienone is 2. The number of carbonyl (C=O) groups excluding carboxylic acids is 2. The molecule has 4 heteroatoms. The summed E-state index contributed by atoms with van der Waals surface area (Å²) in [5, 5.41) is 3.30. The number of anilines is 1. The maximum absolute atomic E-state index is 12.9. The van der Waals surface area contributed by atoms with Gasteiger partial charge in [0.25, 0.3) is 0 Å². The van der Waals surface area contributed by atoms with Gasteiger partial charge in [0.05, 0.1) is 18.5 Å². The molecule has 1 aliphatic heterocycles. The Labute approximate surface area is 141 Å². The average Bonchev–Trinajstić information content (AvgIpc) is 3.35. The van der Waals surface area contributed by atoms with Crippen LogP contribution in [0.1, 0.15) is 17.5 Å². The number of likely N-dealkylation sites (tertiary alicyclic amines) is 1. The molecule has 1 heterocycles. The van der Waals surface area contributed by atoms with Gasteiger partial charge in [-0.15, -0.1) is 0 Å². The summed E-state index contributed by atoms with van der Waals surface area (Å²) in [7, 11) is 0. The summed E-state index contributed by atoms with van der Waals surface area (Å²) in [5.74, 6) is 1.78. The molecule has 0 radical (unpaired) electrons. The van der Waals surface area contributed by atoms with Gasteiger partial charge in [-0.1, -0.05) is 24.3 Å². The topological polar surface area (TPSA) is 49.4 Å². The van der Waals surface area contributed by atoms with E-state index in [-0.39, 0.29) is 30.3 Å². The number of hydrogen-bond donors (Lipinski definition) is 1. The molecule has 3 fully saturated rings. The Morgan fingerprint density at radius 1 is 1.04 bits per heavy atom. The first kappa shape index (κ1) is 14.3. The van der Waals surface area contributed by atoms with Crippen LogP contribution in [0.15, 0.2) is 30.4 Å². The Morgan fingerprint density at radius 3 is 2.29 bits per heavy atom. The SMILES string of the molecule is Cc1ccc(C)c(NCN2C(=O)[C@@H]3[C@@H]4C=C[C@H]([C@@H]5C[C@H]45)[C@H]3C2=O)c1. The van der Waals surface area contributed by atoms with Crippen molar-refractivity contribution in [2.45, 2.75) is 20.3 Å². The highest BCUT2D eigenvalue weighted by Crippen LogP contribution is 2.65. The minimum absolute atomic E-state index is 0.0347. The molecule has 4 nitrogen and oxygen atoms in total. The summed E-state index contributed by atoms with van der Waals surface area (Å²) in [6, 6.07) is 6.19. The molecule has 2 bridgehead atoms. The molecule has 1 aromatic rings. The van der Waals surface area contributed by atoms with E-state index in [1.807, 2.05) is 13.8 Å². The monoisotopic (exact) mass is 322 g/mol. The van der Waals surface area contributed by atoms with Gasteiger partial charge in [-0.3, -0.25) is 14.5 Å². The van der Waals surface area contributed by atoms with Crippen LogP contribution in [0.5, 0.6) is 0 Å². The van der Waals surface area contributed by atoms with Crippen molar-refractivity contribution in [3.8, 4) is 0 Å². The number of imide groups is 1. The highest BCUT2D eigenvalue weighted by molar-refractivity contribution is 6.06. The van der Waals surface area contributed by atoms with Crippen LogP contribution < -0.4 is 5.32 Å². The van der Waals surface area contributed by atoms with E-state index in [1.165, 1.54) is 11.3 Å². The highest BCUT2D eigenvalue weighted by Gasteiger charge is 2.66. The highest BCUT2D eigenvalue weighted by atomic mass is 16.2. The fraction of sp³-hybridized carbons (Fsp3) is 0.500. The Bertz CT molecular complexity index is 748. The van der Waals surface area contributed by atoms with Crippen LogP contribution in [0, 0.1) is 49.4 Å². The molecule has 0 spiro atoms. The molecule has 5 aliphatic rings. The Balaban J connectivity index is 1.38.